The van der Waals surface area contributed by atoms with Crippen molar-refractivity contribution in [2.24, 2.45) is 0 Å². The molecule has 0 amide bonds. The van der Waals surface area contributed by atoms with E-state index in [1.807, 2.05) is 19.1 Å². The molecule has 92 valence electrons. The number of piperazine rings is 1. The molecule has 0 aliphatic carbocycles. The monoisotopic (exact) mass is 296 g/mol. The fraction of sp³-hybridized carbons (Fsp3) is 0.500. The fourth-order valence-electron chi connectivity index (χ4n) is 1.94. The van der Waals surface area contributed by atoms with Gasteiger partial charge in [0.25, 0.3) is 0 Å². The van der Waals surface area contributed by atoms with Crippen LogP contribution in [0, 0.1) is 6.92 Å². The Morgan fingerprint density at radius 2 is 2.00 bits per heavy atom. The zero-order valence-electron chi connectivity index (χ0n) is 10.1. The van der Waals surface area contributed by atoms with Gasteiger partial charge in [-0.15, -0.1) is 5.10 Å². The minimum absolute atomic E-state index is 0.924. The summed E-state index contributed by atoms with van der Waals surface area (Å²) in [5.74, 6) is 0.980. The molecule has 0 bridgehead atoms. The summed E-state index contributed by atoms with van der Waals surface area (Å²) in [6.07, 6.45) is 0. The van der Waals surface area contributed by atoms with Gasteiger partial charge in [-0.2, -0.15) is 5.10 Å². The Balaban J connectivity index is 1.90. The third-order valence-electron chi connectivity index (χ3n) is 2.88. The van der Waals surface area contributed by atoms with Crippen molar-refractivity contribution in [1.82, 2.24) is 15.1 Å². The molecule has 1 aromatic heterocycles. The quantitative estimate of drug-likeness (QED) is 0.852. The van der Waals surface area contributed by atoms with Gasteiger partial charge in [0.1, 0.15) is 0 Å². The number of anilines is 1. The molecule has 4 nitrogen and oxygen atoms in total. The molecule has 0 unspecified atom stereocenters. The highest BCUT2D eigenvalue weighted by molar-refractivity contribution is 9.11. The lowest BCUT2D eigenvalue weighted by atomic mass is 10.3. The van der Waals surface area contributed by atoms with Crippen molar-refractivity contribution in [2.45, 2.75) is 6.92 Å². The molecule has 1 fully saturated rings. The Hall–Kier alpha value is -0.940. The van der Waals surface area contributed by atoms with Gasteiger partial charge in [-0.3, -0.25) is 4.90 Å². The van der Waals surface area contributed by atoms with Crippen molar-refractivity contribution in [3.8, 4) is 0 Å². The van der Waals surface area contributed by atoms with E-state index in [1.54, 1.807) is 0 Å². The Kier molecular flexibility index (Phi) is 4.12. The van der Waals surface area contributed by atoms with Crippen LogP contribution < -0.4 is 4.90 Å². The third kappa shape index (κ3) is 3.51. The van der Waals surface area contributed by atoms with E-state index in [2.05, 4.69) is 42.5 Å². The lowest BCUT2D eigenvalue weighted by Crippen LogP contribution is -2.47. The molecule has 2 heterocycles. The summed E-state index contributed by atoms with van der Waals surface area (Å²) < 4.78 is 1.04. The van der Waals surface area contributed by atoms with E-state index < -0.39 is 0 Å². The van der Waals surface area contributed by atoms with Crippen LogP contribution in [0.15, 0.2) is 23.2 Å². The molecule has 0 saturated carbocycles. The number of aromatic nitrogens is 2. The molecule has 17 heavy (non-hydrogen) atoms. The molecule has 1 aromatic rings. The maximum Gasteiger partial charge on any atom is 0.151 e. The molecule has 0 radical (unpaired) electrons. The minimum Gasteiger partial charge on any atom is -0.353 e. The number of nitrogens with zero attached hydrogens (tertiary/aromatic N) is 4. The summed E-state index contributed by atoms with van der Waals surface area (Å²) in [6, 6.07) is 4.05. The Bertz CT molecular complexity index is 382. The predicted octanol–water partition coefficient (Wildman–Crippen LogP) is 1.82. The van der Waals surface area contributed by atoms with Crippen molar-refractivity contribution in [3.63, 3.8) is 0 Å². The van der Waals surface area contributed by atoms with Crippen molar-refractivity contribution >= 4 is 21.7 Å². The molecule has 0 spiro atoms. The first-order valence-electron chi connectivity index (χ1n) is 5.76. The van der Waals surface area contributed by atoms with Crippen LogP contribution in [0.25, 0.3) is 0 Å². The number of hydrogen-bond acceptors (Lipinski definition) is 4. The highest BCUT2D eigenvalue weighted by atomic mass is 79.9. The van der Waals surface area contributed by atoms with Crippen molar-refractivity contribution in [2.75, 3.05) is 37.6 Å². The van der Waals surface area contributed by atoms with Crippen LogP contribution in [0.5, 0.6) is 0 Å². The first-order valence-corrected chi connectivity index (χ1v) is 6.55. The van der Waals surface area contributed by atoms with Crippen LogP contribution in [-0.4, -0.2) is 47.8 Å². The second-order valence-corrected chi connectivity index (χ2v) is 5.43. The summed E-state index contributed by atoms with van der Waals surface area (Å²) in [7, 11) is 0. The zero-order valence-corrected chi connectivity index (χ0v) is 11.7. The normalized spacial score (nSPS) is 17.2. The fourth-order valence-corrected chi connectivity index (χ4v) is 2.29. The Morgan fingerprint density at radius 1 is 1.29 bits per heavy atom. The highest BCUT2D eigenvalue weighted by Crippen LogP contribution is 2.14. The Labute approximate surface area is 110 Å². The first kappa shape index (κ1) is 12.5. The molecule has 1 saturated heterocycles. The summed E-state index contributed by atoms with van der Waals surface area (Å²) in [5.41, 5.74) is 0.961. The van der Waals surface area contributed by atoms with E-state index in [4.69, 9.17) is 0 Å². The van der Waals surface area contributed by atoms with Gasteiger partial charge in [-0.25, -0.2) is 0 Å². The molecular weight excluding hydrogens is 280 g/mol. The molecule has 1 aliphatic rings. The van der Waals surface area contributed by atoms with E-state index in [9.17, 15) is 0 Å². The van der Waals surface area contributed by atoms with E-state index in [0.29, 0.717) is 0 Å². The van der Waals surface area contributed by atoms with Gasteiger partial charge < -0.3 is 4.90 Å². The second-order valence-electron chi connectivity index (χ2n) is 4.31. The van der Waals surface area contributed by atoms with Crippen LogP contribution in [-0.2, 0) is 0 Å². The van der Waals surface area contributed by atoms with Gasteiger partial charge >= 0.3 is 0 Å². The third-order valence-corrected chi connectivity index (χ3v) is 3.13. The minimum atomic E-state index is 0.924. The van der Waals surface area contributed by atoms with Gasteiger partial charge in [-0.1, -0.05) is 22.5 Å². The van der Waals surface area contributed by atoms with E-state index in [0.717, 1.165) is 48.7 Å². The van der Waals surface area contributed by atoms with Crippen LogP contribution >= 0.6 is 15.9 Å². The van der Waals surface area contributed by atoms with E-state index in [-0.39, 0.29) is 0 Å². The summed E-state index contributed by atoms with van der Waals surface area (Å²) in [5, 5.41) is 8.31. The average molecular weight is 297 g/mol. The maximum atomic E-state index is 4.22. The van der Waals surface area contributed by atoms with Crippen LogP contribution in [0.3, 0.4) is 0 Å². The lowest BCUT2D eigenvalue weighted by Gasteiger charge is -2.34. The largest absolute Gasteiger partial charge is 0.353 e. The molecule has 5 heteroatoms. The lowest BCUT2D eigenvalue weighted by molar-refractivity contribution is 0.282. The predicted molar refractivity (Wildman–Crippen MR) is 73.5 cm³/mol. The van der Waals surface area contributed by atoms with Crippen molar-refractivity contribution < 1.29 is 0 Å². The SMILES string of the molecule is C=C(Br)CN1CCN(c2ccc(C)nn2)CC1. The Morgan fingerprint density at radius 3 is 2.53 bits per heavy atom. The topological polar surface area (TPSA) is 32.3 Å². The van der Waals surface area contributed by atoms with E-state index in [1.165, 1.54) is 0 Å². The summed E-state index contributed by atoms with van der Waals surface area (Å²) >= 11 is 3.41. The highest BCUT2D eigenvalue weighted by Gasteiger charge is 2.17. The van der Waals surface area contributed by atoms with Gasteiger partial charge in [0.2, 0.25) is 0 Å². The van der Waals surface area contributed by atoms with Crippen LogP contribution in [0.1, 0.15) is 5.69 Å². The second kappa shape index (κ2) is 5.60. The smallest absolute Gasteiger partial charge is 0.151 e. The van der Waals surface area contributed by atoms with Gasteiger partial charge in [-0.05, 0) is 19.1 Å². The summed E-state index contributed by atoms with van der Waals surface area (Å²) in [6.45, 7) is 10.8. The van der Waals surface area contributed by atoms with E-state index >= 15 is 0 Å². The molecule has 0 atom stereocenters. The van der Waals surface area contributed by atoms with Crippen LogP contribution in [0.2, 0.25) is 0 Å². The van der Waals surface area contributed by atoms with Crippen molar-refractivity contribution in [3.05, 3.63) is 28.9 Å². The molecule has 0 aromatic carbocycles. The number of halogens is 1. The number of rotatable bonds is 3. The van der Waals surface area contributed by atoms with Crippen LogP contribution in [0.4, 0.5) is 5.82 Å². The number of hydrogen-bond donors (Lipinski definition) is 0. The van der Waals surface area contributed by atoms with Crippen molar-refractivity contribution in [1.29, 1.82) is 0 Å². The zero-order chi connectivity index (χ0) is 12.3. The van der Waals surface area contributed by atoms with Gasteiger partial charge in [0.05, 0.1) is 5.69 Å². The first-order chi connectivity index (χ1) is 8.15. The molecule has 0 N–H and O–H groups in total. The summed E-state index contributed by atoms with van der Waals surface area (Å²) in [4.78, 5) is 4.66. The maximum absolute atomic E-state index is 4.22. The molecule has 2 rings (SSSR count). The van der Waals surface area contributed by atoms with Gasteiger partial charge in [0, 0.05) is 37.2 Å². The average Bonchev–Trinajstić information content (AvgIpc) is 2.30. The standard InChI is InChI=1S/C12H17BrN4/c1-10(13)9-16-5-7-17(8-6-16)12-4-3-11(2)14-15-12/h3-4H,1,5-9H2,2H3. The van der Waals surface area contributed by atoms with Gasteiger partial charge in [0.15, 0.2) is 5.82 Å². The molecular formula is C12H17BrN4. The number of aryl methyl sites for hydroxylation is 1. The molecule has 1 aliphatic heterocycles.